The molecule has 1 N–H and O–H groups in total. The van der Waals surface area contributed by atoms with Gasteiger partial charge in [-0.3, -0.25) is 9.79 Å². The molecule has 7 nitrogen and oxygen atoms in total. The van der Waals surface area contributed by atoms with E-state index in [2.05, 4.69) is 33.4 Å². The number of benzene rings is 1. The van der Waals surface area contributed by atoms with Gasteiger partial charge < -0.3 is 24.4 Å². The molecule has 1 aliphatic heterocycles. The SMILES string of the molecule is CCOCCOCc1cccc(CNC(=NC)N2CCCC(C(=O)OCC)C2)c1. The van der Waals surface area contributed by atoms with E-state index in [9.17, 15) is 4.79 Å². The first-order chi connectivity index (χ1) is 14.2. The first kappa shape index (κ1) is 23.2. The lowest BCUT2D eigenvalue weighted by Crippen LogP contribution is -2.48. The molecule has 0 radical (unpaired) electrons. The summed E-state index contributed by atoms with van der Waals surface area (Å²) in [6, 6.07) is 8.33. The minimum absolute atomic E-state index is 0.0839. The van der Waals surface area contributed by atoms with Crippen LogP contribution in [0, 0.1) is 5.92 Å². The number of piperidine rings is 1. The van der Waals surface area contributed by atoms with E-state index in [1.165, 1.54) is 0 Å². The maximum absolute atomic E-state index is 12.1. The Bertz CT molecular complexity index is 651. The van der Waals surface area contributed by atoms with Crippen molar-refractivity contribution in [3.05, 3.63) is 35.4 Å². The van der Waals surface area contributed by atoms with Gasteiger partial charge in [-0.05, 0) is 37.8 Å². The highest BCUT2D eigenvalue weighted by atomic mass is 16.5. The first-order valence-electron chi connectivity index (χ1n) is 10.5. The average Bonchev–Trinajstić information content (AvgIpc) is 2.75. The second-order valence-corrected chi connectivity index (χ2v) is 7.01. The molecule has 7 heteroatoms. The molecule has 1 aromatic carbocycles. The number of carbonyl (C=O) groups excluding carboxylic acids is 1. The van der Waals surface area contributed by atoms with E-state index in [-0.39, 0.29) is 11.9 Å². The van der Waals surface area contributed by atoms with Gasteiger partial charge in [0.2, 0.25) is 0 Å². The summed E-state index contributed by atoms with van der Waals surface area (Å²) in [4.78, 5) is 18.6. The summed E-state index contributed by atoms with van der Waals surface area (Å²) in [6.07, 6.45) is 1.83. The number of carbonyl (C=O) groups is 1. The first-order valence-corrected chi connectivity index (χ1v) is 10.5. The van der Waals surface area contributed by atoms with Gasteiger partial charge in [-0.25, -0.2) is 0 Å². The fourth-order valence-corrected chi connectivity index (χ4v) is 3.42. The molecule has 2 rings (SSSR count). The average molecular weight is 406 g/mol. The molecule has 1 unspecified atom stereocenters. The van der Waals surface area contributed by atoms with E-state index in [1.54, 1.807) is 7.05 Å². The molecule has 1 aliphatic rings. The molecule has 1 atom stereocenters. The van der Waals surface area contributed by atoms with Crippen molar-refractivity contribution in [2.75, 3.05) is 46.6 Å². The van der Waals surface area contributed by atoms with Crippen molar-refractivity contribution in [3.8, 4) is 0 Å². The van der Waals surface area contributed by atoms with Gasteiger partial charge in [-0.15, -0.1) is 0 Å². The van der Waals surface area contributed by atoms with Gasteiger partial charge >= 0.3 is 5.97 Å². The molecule has 0 aromatic heterocycles. The highest BCUT2D eigenvalue weighted by molar-refractivity contribution is 5.81. The third-order valence-corrected chi connectivity index (χ3v) is 4.84. The molecule has 0 bridgehead atoms. The van der Waals surface area contributed by atoms with E-state index < -0.39 is 0 Å². The van der Waals surface area contributed by atoms with Gasteiger partial charge in [0, 0.05) is 33.3 Å². The molecule has 0 spiro atoms. The van der Waals surface area contributed by atoms with Crippen molar-refractivity contribution in [3.63, 3.8) is 0 Å². The van der Waals surface area contributed by atoms with Crippen LogP contribution in [0.2, 0.25) is 0 Å². The number of esters is 1. The number of aliphatic imine (C=N–C) groups is 1. The van der Waals surface area contributed by atoms with E-state index in [0.717, 1.165) is 36.5 Å². The highest BCUT2D eigenvalue weighted by Gasteiger charge is 2.28. The van der Waals surface area contributed by atoms with Crippen LogP contribution in [0.1, 0.15) is 37.8 Å². The molecule has 0 saturated carbocycles. The lowest BCUT2D eigenvalue weighted by molar-refractivity contribution is -0.149. The topological polar surface area (TPSA) is 72.4 Å². The van der Waals surface area contributed by atoms with Crippen molar-refractivity contribution in [1.82, 2.24) is 10.2 Å². The monoisotopic (exact) mass is 405 g/mol. The zero-order valence-electron chi connectivity index (χ0n) is 18.0. The van der Waals surface area contributed by atoms with E-state index in [1.807, 2.05) is 19.9 Å². The summed E-state index contributed by atoms with van der Waals surface area (Å²) in [7, 11) is 1.78. The molecular weight excluding hydrogens is 370 g/mol. The molecule has 1 heterocycles. The standard InChI is InChI=1S/C22H35N3O4/c1-4-27-12-13-28-17-19-9-6-8-18(14-19)15-24-22(23-3)25-11-7-10-20(16-25)21(26)29-5-2/h6,8-9,14,20H,4-5,7,10-13,15-17H2,1-3H3,(H,23,24). The van der Waals surface area contributed by atoms with Crippen LogP contribution in [0.5, 0.6) is 0 Å². The van der Waals surface area contributed by atoms with Gasteiger partial charge in [-0.2, -0.15) is 0 Å². The number of hydrogen-bond donors (Lipinski definition) is 1. The molecule has 162 valence electrons. The third-order valence-electron chi connectivity index (χ3n) is 4.84. The van der Waals surface area contributed by atoms with Crippen molar-refractivity contribution in [2.24, 2.45) is 10.9 Å². The lowest BCUT2D eigenvalue weighted by Gasteiger charge is -2.34. The number of ether oxygens (including phenoxy) is 3. The second kappa shape index (κ2) is 13.2. The third kappa shape index (κ3) is 8.03. The molecule has 1 aromatic rings. The second-order valence-electron chi connectivity index (χ2n) is 7.01. The zero-order chi connectivity index (χ0) is 20.9. The highest BCUT2D eigenvalue weighted by Crippen LogP contribution is 2.18. The van der Waals surface area contributed by atoms with Gasteiger partial charge in [0.15, 0.2) is 5.96 Å². The van der Waals surface area contributed by atoms with Crippen molar-refractivity contribution < 1.29 is 19.0 Å². The van der Waals surface area contributed by atoms with Gasteiger partial charge in [-0.1, -0.05) is 24.3 Å². The fourth-order valence-electron chi connectivity index (χ4n) is 3.42. The summed E-state index contributed by atoms with van der Waals surface area (Å²) in [5, 5.41) is 3.42. The zero-order valence-corrected chi connectivity index (χ0v) is 18.0. The molecule has 1 fully saturated rings. The normalized spacial score (nSPS) is 17.3. The maximum Gasteiger partial charge on any atom is 0.310 e. The molecule has 29 heavy (non-hydrogen) atoms. The van der Waals surface area contributed by atoms with Crippen molar-refractivity contribution in [1.29, 1.82) is 0 Å². The van der Waals surface area contributed by atoms with Crippen LogP contribution >= 0.6 is 0 Å². The van der Waals surface area contributed by atoms with Crippen LogP contribution in [0.4, 0.5) is 0 Å². The van der Waals surface area contributed by atoms with E-state index >= 15 is 0 Å². The maximum atomic E-state index is 12.1. The Kier molecular flexibility index (Phi) is 10.5. The van der Waals surface area contributed by atoms with Crippen LogP contribution in [0.3, 0.4) is 0 Å². The summed E-state index contributed by atoms with van der Waals surface area (Å²) in [5.74, 6) is 0.626. The Balaban J connectivity index is 1.84. The van der Waals surface area contributed by atoms with Crippen LogP contribution in [-0.4, -0.2) is 63.4 Å². The minimum atomic E-state index is -0.107. The Labute approximate surface area is 174 Å². The Morgan fingerprint density at radius 1 is 1.21 bits per heavy atom. The predicted molar refractivity (Wildman–Crippen MR) is 114 cm³/mol. The van der Waals surface area contributed by atoms with Crippen LogP contribution < -0.4 is 5.32 Å². The minimum Gasteiger partial charge on any atom is -0.466 e. The summed E-state index contributed by atoms with van der Waals surface area (Å²) in [5.41, 5.74) is 2.30. The molecular formula is C22H35N3O4. The smallest absolute Gasteiger partial charge is 0.310 e. The van der Waals surface area contributed by atoms with Gasteiger partial charge in [0.1, 0.15) is 0 Å². The van der Waals surface area contributed by atoms with Crippen LogP contribution in [0.25, 0.3) is 0 Å². The summed E-state index contributed by atoms with van der Waals surface area (Å²) >= 11 is 0. The predicted octanol–water partition coefficient (Wildman–Crippen LogP) is 2.59. The van der Waals surface area contributed by atoms with E-state index in [4.69, 9.17) is 14.2 Å². The van der Waals surface area contributed by atoms with E-state index in [0.29, 0.717) is 46.1 Å². The number of nitrogens with zero attached hydrogens (tertiary/aromatic N) is 2. The molecule has 0 aliphatic carbocycles. The molecule has 1 saturated heterocycles. The van der Waals surface area contributed by atoms with Crippen LogP contribution in [-0.2, 0) is 32.2 Å². The largest absolute Gasteiger partial charge is 0.466 e. The summed E-state index contributed by atoms with van der Waals surface area (Å²) < 4.78 is 16.1. The Hall–Kier alpha value is -2.12. The van der Waals surface area contributed by atoms with Crippen molar-refractivity contribution in [2.45, 2.75) is 39.8 Å². The number of guanidine groups is 1. The number of nitrogens with one attached hydrogen (secondary N) is 1. The quantitative estimate of drug-likeness (QED) is 0.279. The number of likely N-dealkylation sites (tertiary alicyclic amines) is 1. The Morgan fingerprint density at radius 3 is 2.76 bits per heavy atom. The van der Waals surface area contributed by atoms with Crippen LogP contribution in [0.15, 0.2) is 29.3 Å². The lowest BCUT2D eigenvalue weighted by atomic mass is 9.98. The van der Waals surface area contributed by atoms with Gasteiger partial charge in [0.05, 0.1) is 32.3 Å². The molecule has 0 amide bonds. The van der Waals surface area contributed by atoms with Gasteiger partial charge in [0.25, 0.3) is 0 Å². The number of rotatable bonds is 10. The Morgan fingerprint density at radius 2 is 2.00 bits per heavy atom. The number of hydrogen-bond acceptors (Lipinski definition) is 5. The van der Waals surface area contributed by atoms with Crippen molar-refractivity contribution >= 4 is 11.9 Å². The summed E-state index contributed by atoms with van der Waals surface area (Å²) in [6.45, 7) is 8.95. The fraction of sp³-hybridized carbons (Fsp3) is 0.636.